The Hall–Kier alpha value is -3.02. The van der Waals surface area contributed by atoms with E-state index < -0.39 is 5.60 Å². The number of hydrogen-bond donors (Lipinski definition) is 2. The molecule has 0 aliphatic carbocycles. The van der Waals surface area contributed by atoms with Gasteiger partial charge in [-0.15, -0.1) is 0 Å². The lowest BCUT2D eigenvalue weighted by Gasteiger charge is -2.26. The number of anilines is 1. The molecule has 0 fully saturated rings. The van der Waals surface area contributed by atoms with Crippen molar-refractivity contribution in [3.8, 4) is 11.5 Å². The van der Waals surface area contributed by atoms with Crippen LogP contribution in [-0.4, -0.2) is 31.1 Å². The van der Waals surface area contributed by atoms with Crippen LogP contribution in [0.1, 0.15) is 43.1 Å². The van der Waals surface area contributed by atoms with Crippen LogP contribution < -0.4 is 20.1 Å². The Morgan fingerprint density at radius 2 is 1.75 bits per heavy atom. The van der Waals surface area contributed by atoms with Crippen LogP contribution >= 0.6 is 0 Å². The average Bonchev–Trinajstić information content (AvgIpc) is 2.67. The summed E-state index contributed by atoms with van der Waals surface area (Å²) in [5.74, 6) is 0.540. The number of ether oxygens (including phenoxy) is 2. The van der Waals surface area contributed by atoms with Crippen molar-refractivity contribution >= 4 is 17.5 Å². The molecular formula is C22H28N2O4. The molecule has 2 N–H and O–H groups in total. The SMILES string of the molecule is CCCNC(=O)c1ccc(C)c(NC(=O)C(C)(C)Oc2ccccc2OC)c1. The molecule has 0 saturated heterocycles. The number of carbonyl (C=O) groups is 2. The van der Waals surface area contributed by atoms with E-state index in [1.54, 1.807) is 45.2 Å². The summed E-state index contributed by atoms with van der Waals surface area (Å²) in [6, 6.07) is 12.4. The number of rotatable bonds is 8. The smallest absolute Gasteiger partial charge is 0.267 e. The van der Waals surface area contributed by atoms with Gasteiger partial charge in [-0.1, -0.05) is 25.1 Å². The van der Waals surface area contributed by atoms with Crippen LogP contribution in [0, 0.1) is 6.92 Å². The maximum atomic E-state index is 12.9. The van der Waals surface area contributed by atoms with Crippen LogP contribution in [0.2, 0.25) is 0 Å². The average molecular weight is 384 g/mol. The van der Waals surface area contributed by atoms with Crippen molar-refractivity contribution in [3.05, 3.63) is 53.6 Å². The van der Waals surface area contributed by atoms with Crippen molar-refractivity contribution in [1.82, 2.24) is 5.32 Å². The van der Waals surface area contributed by atoms with Gasteiger partial charge in [0.1, 0.15) is 0 Å². The molecule has 0 spiro atoms. The lowest BCUT2D eigenvalue weighted by Crippen LogP contribution is -2.42. The summed E-state index contributed by atoms with van der Waals surface area (Å²) in [5, 5.41) is 5.71. The molecule has 28 heavy (non-hydrogen) atoms. The maximum Gasteiger partial charge on any atom is 0.267 e. The van der Waals surface area contributed by atoms with E-state index in [1.165, 1.54) is 0 Å². The highest BCUT2D eigenvalue weighted by atomic mass is 16.5. The van der Waals surface area contributed by atoms with E-state index in [2.05, 4.69) is 10.6 Å². The number of carbonyl (C=O) groups excluding carboxylic acids is 2. The lowest BCUT2D eigenvalue weighted by atomic mass is 10.1. The highest BCUT2D eigenvalue weighted by molar-refractivity contribution is 6.00. The van der Waals surface area contributed by atoms with E-state index in [0.717, 1.165) is 12.0 Å². The van der Waals surface area contributed by atoms with Gasteiger partial charge in [-0.25, -0.2) is 0 Å². The third-order valence-electron chi connectivity index (χ3n) is 4.26. The molecule has 0 bridgehead atoms. The molecule has 0 aliphatic heterocycles. The molecule has 0 atom stereocenters. The quantitative estimate of drug-likeness (QED) is 0.723. The third-order valence-corrected chi connectivity index (χ3v) is 4.26. The van der Waals surface area contributed by atoms with Gasteiger partial charge in [0, 0.05) is 17.8 Å². The van der Waals surface area contributed by atoms with Crippen LogP contribution in [0.5, 0.6) is 11.5 Å². The monoisotopic (exact) mass is 384 g/mol. The summed E-state index contributed by atoms with van der Waals surface area (Å²) < 4.78 is 11.2. The second kappa shape index (κ2) is 9.26. The predicted molar refractivity (Wildman–Crippen MR) is 110 cm³/mol. The zero-order valence-corrected chi connectivity index (χ0v) is 17.1. The van der Waals surface area contributed by atoms with Gasteiger partial charge in [0.05, 0.1) is 7.11 Å². The van der Waals surface area contributed by atoms with Gasteiger partial charge in [-0.05, 0) is 57.0 Å². The maximum absolute atomic E-state index is 12.9. The van der Waals surface area contributed by atoms with Crippen LogP contribution in [0.4, 0.5) is 5.69 Å². The molecule has 0 saturated carbocycles. The van der Waals surface area contributed by atoms with Crippen molar-refractivity contribution in [2.45, 2.75) is 39.7 Å². The van der Waals surface area contributed by atoms with Crippen LogP contribution in [0.25, 0.3) is 0 Å². The van der Waals surface area contributed by atoms with Crippen LogP contribution in [0.3, 0.4) is 0 Å². The fraction of sp³-hybridized carbons (Fsp3) is 0.364. The molecular weight excluding hydrogens is 356 g/mol. The number of para-hydroxylation sites is 2. The Kier molecular flexibility index (Phi) is 7.04. The van der Waals surface area contributed by atoms with E-state index in [9.17, 15) is 9.59 Å². The Balaban J connectivity index is 2.17. The molecule has 0 radical (unpaired) electrons. The summed E-state index contributed by atoms with van der Waals surface area (Å²) in [4.78, 5) is 25.1. The molecule has 2 rings (SSSR count). The molecule has 0 unspecified atom stereocenters. The van der Waals surface area contributed by atoms with Gasteiger partial charge in [0.2, 0.25) is 0 Å². The van der Waals surface area contributed by atoms with Gasteiger partial charge in [-0.2, -0.15) is 0 Å². The molecule has 150 valence electrons. The fourth-order valence-electron chi connectivity index (χ4n) is 2.54. The van der Waals surface area contributed by atoms with Crippen molar-refractivity contribution in [2.75, 3.05) is 19.0 Å². The zero-order valence-electron chi connectivity index (χ0n) is 17.1. The topological polar surface area (TPSA) is 76.7 Å². The standard InChI is InChI=1S/C22H28N2O4/c1-6-13-23-20(25)16-12-11-15(2)17(14-16)24-21(26)22(3,4)28-19-10-8-7-9-18(19)27-5/h7-12,14H,6,13H2,1-5H3,(H,23,25)(H,24,26). The number of nitrogens with one attached hydrogen (secondary N) is 2. The van der Waals surface area contributed by atoms with E-state index in [0.29, 0.717) is 29.3 Å². The van der Waals surface area contributed by atoms with Crippen molar-refractivity contribution in [3.63, 3.8) is 0 Å². The number of methoxy groups -OCH3 is 1. The predicted octanol–water partition coefficient (Wildman–Crippen LogP) is 3.94. The molecule has 0 aliphatic rings. The number of hydrogen-bond acceptors (Lipinski definition) is 4. The number of amides is 2. The number of aryl methyl sites for hydroxylation is 1. The van der Waals surface area contributed by atoms with E-state index >= 15 is 0 Å². The first kappa shape index (κ1) is 21.3. The van der Waals surface area contributed by atoms with Gasteiger partial charge >= 0.3 is 0 Å². The lowest BCUT2D eigenvalue weighted by molar-refractivity contribution is -0.128. The zero-order chi connectivity index (χ0) is 20.7. The highest BCUT2D eigenvalue weighted by Crippen LogP contribution is 2.30. The van der Waals surface area contributed by atoms with Crippen LogP contribution in [-0.2, 0) is 4.79 Å². The second-order valence-corrected chi connectivity index (χ2v) is 7.00. The third kappa shape index (κ3) is 5.25. The van der Waals surface area contributed by atoms with Crippen molar-refractivity contribution in [2.24, 2.45) is 0 Å². The van der Waals surface area contributed by atoms with Gasteiger partial charge < -0.3 is 20.1 Å². The Bertz CT molecular complexity index is 846. The summed E-state index contributed by atoms with van der Waals surface area (Å²) in [6.45, 7) is 7.83. The Labute approximate surface area is 166 Å². The van der Waals surface area contributed by atoms with E-state index in [-0.39, 0.29) is 11.8 Å². The minimum absolute atomic E-state index is 0.165. The minimum atomic E-state index is -1.15. The Morgan fingerprint density at radius 3 is 2.39 bits per heavy atom. The number of benzene rings is 2. The van der Waals surface area contributed by atoms with Crippen molar-refractivity contribution in [1.29, 1.82) is 0 Å². The molecule has 2 amide bonds. The molecule has 2 aromatic carbocycles. The first-order chi connectivity index (χ1) is 13.3. The molecule has 0 heterocycles. The van der Waals surface area contributed by atoms with E-state index in [1.807, 2.05) is 32.0 Å². The van der Waals surface area contributed by atoms with Gasteiger partial charge in [0.15, 0.2) is 17.1 Å². The molecule has 0 aromatic heterocycles. The first-order valence-electron chi connectivity index (χ1n) is 9.30. The van der Waals surface area contributed by atoms with Gasteiger partial charge in [-0.3, -0.25) is 9.59 Å². The summed E-state index contributed by atoms with van der Waals surface area (Å²) in [7, 11) is 1.55. The largest absolute Gasteiger partial charge is 0.493 e. The summed E-state index contributed by atoms with van der Waals surface area (Å²) in [5.41, 5.74) is 0.777. The second-order valence-electron chi connectivity index (χ2n) is 7.00. The van der Waals surface area contributed by atoms with Crippen molar-refractivity contribution < 1.29 is 19.1 Å². The fourth-order valence-corrected chi connectivity index (χ4v) is 2.54. The molecule has 2 aromatic rings. The summed E-state index contributed by atoms with van der Waals surface area (Å²) in [6.07, 6.45) is 0.857. The van der Waals surface area contributed by atoms with E-state index in [4.69, 9.17) is 9.47 Å². The first-order valence-corrected chi connectivity index (χ1v) is 9.30. The van der Waals surface area contributed by atoms with Gasteiger partial charge in [0.25, 0.3) is 11.8 Å². The van der Waals surface area contributed by atoms with Crippen LogP contribution in [0.15, 0.2) is 42.5 Å². The Morgan fingerprint density at radius 1 is 1.07 bits per heavy atom. The highest BCUT2D eigenvalue weighted by Gasteiger charge is 2.31. The molecule has 6 nitrogen and oxygen atoms in total. The summed E-state index contributed by atoms with van der Waals surface area (Å²) >= 11 is 0. The molecule has 6 heteroatoms. The minimum Gasteiger partial charge on any atom is -0.493 e. The normalized spacial score (nSPS) is 10.9.